The van der Waals surface area contributed by atoms with Crippen molar-refractivity contribution in [3.8, 4) is 22.1 Å². The molecule has 1 heterocycles. The lowest BCUT2D eigenvalue weighted by Crippen LogP contribution is -2.03. The molecule has 0 saturated carbocycles. The van der Waals surface area contributed by atoms with E-state index in [0.29, 0.717) is 11.7 Å². The smallest absolute Gasteiger partial charge is 0.203 e. The third-order valence-corrected chi connectivity index (χ3v) is 8.94. The van der Waals surface area contributed by atoms with Crippen molar-refractivity contribution in [2.75, 3.05) is 18.9 Å². The summed E-state index contributed by atoms with van der Waals surface area (Å²) < 4.78 is 12.5. The molecular weight excluding hydrogens is 538 g/mol. The van der Waals surface area contributed by atoms with Crippen LogP contribution in [0.15, 0.2) is 18.2 Å². The molecule has 1 aromatic heterocycles. The molecule has 0 saturated heterocycles. The largest absolute Gasteiger partial charge is 0.490 e. The van der Waals surface area contributed by atoms with Crippen LogP contribution < -0.4 is 15.2 Å². The number of anilines is 1. The van der Waals surface area contributed by atoms with Gasteiger partial charge >= 0.3 is 0 Å². The Hall–Kier alpha value is -1.82. The Kier molecular flexibility index (Phi) is 22.2. The summed E-state index contributed by atoms with van der Waals surface area (Å²) in [5.74, 6) is 1.64. The highest BCUT2D eigenvalue weighted by atomic mass is 32.1. The first-order valence-electron chi connectivity index (χ1n) is 17.7. The van der Waals surface area contributed by atoms with Gasteiger partial charge in [0.15, 0.2) is 11.5 Å². The summed E-state index contributed by atoms with van der Waals surface area (Å²) in [7, 11) is 0. The summed E-state index contributed by atoms with van der Waals surface area (Å²) in [4.78, 5) is 0. The molecule has 0 spiro atoms. The van der Waals surface area contributed by atoms with Crippen molar-refractivity contribution in [1.29, 1.82) is 0 Å². The van der Waals surface area contributed by atoms with Crippen molar-refractivity contribution in [1.82, 2.24) is 10.2 Å². The molecule has 2 rings (SSSR count). The van der Waals surface area contributed by atoms with Crippen molar-refractivity contribution in [2.24, 2.45) is 0 Å². The average Bonchev–Trinajstić information content (AvgIpc) is 3.44. The molecule has 42 heavy (non-hydrogen) atoms. The van der Waals surface area contributed by atoms with Gasteiger partial charge in [-0.15, -0.1) is 10.2 Å². The fourth-order valence-corrected chi connectivity index (χ4v) is 6.08. The Bertz CT molecular complexity index is 888. The normalized spacial score (nSPS) is 11.3. The van der Waals surface area contributed by atoms with Gasteiger partial charge in [-0.1, -0.05) is 166 Å². The number of rotatable bonds is 29. The minimum absolute atomic E-state index is 0.483. The zero-order valence-electron chi connectivity index (χ0n) is 27.3. The average molecular weight is 602 g/mol. The summed E-state index contributed by atoms with van der Waals surface area (Å²) in [6.07, 6.45) is 32.3. The number of hydrogen-bond donors (Lipinski definition) is 1. The minimum Gasteiger partial charge on any atom is -0.490 e. The molecule has 0 atom stereocenters. The number of nitrogens with zero attached hydrogens (tertiary/aromatic N) is 2. The van der Waals surface area contributed by atoms with Crippen LogP contribution in [-0.2, 0) is 0 Å². The van der Waals surface area contributed by atoms with Crippen LogP contribution in [0.4, 0.5) is 5.13 Å². The van der Waals surface area contributed by atoms with Crippen molar-refractivity contribution >= 4 is 16.5 Å². The molecule has 2 N–H and O–H groups in total. The lowest BCUT2D eigenvalue weighted by molar-refractivity contribution is 0.258. The summed E-state index contributed by atoms with van der Waals surface area (Å²) in [5.41, 5.74) is 6.80. The maximum absolute atomic E-state index is 6.26. The molecule has 0 radical (unpaired) electrons. The van der Waals surface area contributed by atoms with E-state index in [1.807, 2.05) is 18.2 Å². The zero-order valence-corrected chi connectivity index (χ0v) is 28.1. The van der Waals surface area contributed by atoms with Crippen LogP contribution in [-0.4, -0.2) is 23.4 Å². The Balaban J connectivity index is 1.62. The summed E-state index contributed by atoms with van der Waals surface area (Å²) in [6.45, 7) is 6.02. The molecule has 2 aromatic rings. The fraction of sp³-hybridized carbons (Fsp3) is 0.778. The van der Waals surface area contributed by atoms with E-state index in [2.05, 4.69) is 24.0 Å². The Morgan fingerprint density at radius 3 is 1.33 bits per heavy atom. The topological polar surface area (TPSA) is 70.3 Å². The van der Waals surface area contributed by atoms with Gasteiger partial charge in [0.25, 0.3) is 0 Å². The number of aromatic nitrogens is 2. The second-order valence-electron chi connectivity index (χ2n) is 12.1. The molecule has 0 aliphatic rings. The molecule has 0 unspecified atom stereocenters. The van der Waals surface area contributed by atoms with Crippen molar-refractivity contribution < 1.29 is 9.47 Å². The van der Waals surface area contributed by atoms with Gasteiger partial charge in [-0.25, -0.2) is 0 Å². The van der Waals surface area contributed by atoms with E-state index in [9.17, 15) is 0 Å². The predicted molar refractivity (Wildman–Crippen MR) is 183 cm³/mol. The van der Waals surface area contributed by atoms with E-state index in [0.717, 1.165) is 41.5 Å². The highest BCUT2D eigenvalue weighted by Crippen LogP contribution is 2.34. The van der Waals surface area contributed by atoms with Gasteiger partial charge in [0.2, 0.25) is 5.13 Å². The quantitative estimate of drug-likeness (QED) is 0.0939. The van der Waals surface area contributed by atoms with Crippen molar-refractivity contribution in [3.63, 3.8) is 0 Å². The van der Waals surface area contributed by atoms with E-state index in [-0.39, 0.29) is 0 Å². The molecule has 5 nitrogen and oxygen atoms in total. The maximum Gasteiger partial charge on any atom is 0.203 e. The number of hydrogen-bond acceptors (Lipinski definition) is 6. The van der Waals surface area contributed by atoms with E-state index >= 15 is 0 Å². The Labute approximate surface area is 262 Å². The minimum atomic E-state index is 0.483. The summed E-state index contributed by atoms with van der Waals surface area (Å²) >= 11 is 1.40. The highest BCUT2D eigenvalue weighted by molar-refractivity contribution is 7.18. The number of ether oxygens (including phenoxy) is 2. The van der Waals surface area contributed by atoms with Gasteiger partial charge in [0.05, 0.1) is 13.2 Å². The third-order valence-electron chi connectivity index (χ3n) is 8.14. The first-order chi connectivity index (χ1) is 20.7. The molecular formula is C36H63N3O2S. The number of nitrogens with two attached hydrogens (primary N) is 1. The van der Waals surface area contributed by atoms with Gasteiger partial charge < -0.3 is 15.2 Å². The van der Waals surface area contributed by atoms with Crippen molar-refractivity contribution in [3.05, 3.63) is 18.2 Å². The first-order valence-corrected chi connectivity index (χ1v) is 18.5. The predicted octanol–water partition coefficient (Wildman–Crippen LogP) is 11.9. The second kappa shape index (κ2) is 25.7. The molecule has 0 fully saturated rings. The zero-order chi connectivity index (χ0) is 29.9. The lowest BCUT2D eigenvalue weighted by atomic mass is 10.1. The summed E-state index contributed by atoms with van der Waals surface area (Å²) in [5, 5.41) is 9.49. The van der Waals surface area contributed by atoms with E-state index < -0.39 is 0 Å². The van der Waals surface area contributed by atoms with Crippen LogP contribution >= 0.6 is 11.3 Å². The first kappa shape index (κ1) is 36.4. The van der Waals surface area contributed by atoms with E-state index in [1.165, 1.54) is 153 Å². The van der Waals surface area contributed by atoms with Gasteiger partial charge in [-0.3, -0.25) is 0 Å². The number of unbranched alkanes of at least 4 members (excludes halogenated alkanes) is 22. The summed E-state index contributed by atoms with van der Waals surface area (Å²) in [6, 6.07) is 6.09. The van der Waals surface area contributed by atoms with Crippen molar-refractivity contribution in [2.45, 2.75) is 168 Å². The maximum atomic E-state index is 6.26. The van der Waals surface area contributed by atoms with Crippen LogP contribution in [0, 0.1) is 0 Å². The standard InChI is InChI=1S/C36H63N3O2S/c1-3-5-7-9-11-13-15-17-19-21-23-25-29-40-33-28-27-32(35-38-39-36(37)42-35)31-34(33)41-30-26-24-22-20-18-16-14-12-10-8-6-4-2/h27-28,31H,3-26,29-30H2,1-2H3,(H2,37,39). The van der Waals surface area contributed by atoms with Gasteiger partial charge in [-0.05, 0) is 31.0 Å². The van der Waals surface area contributed by atoms with Crippen LogP contribution in [0.5, 0.6) is 11.5 Å². The van der Waals surface area contributed by atoms with Gasteiger partial charge in [-0.2, -0.15) is 0 Å². The monoisotopic (exact) mass is 601 g/mol. The second-order valence-corrected chi connectivity index (χ2v) is 13.1. The van der Waals surface area contributed by atoms with Crippen LogP contribution in [0.2, 0.25) is 0 Å². The highest BCUT2D eigenvalue weighted by Gasteiger charge is 2.11. The molecule has 0 amide bonds. The number of benzene rings is 1. The third kappa shape index (κ3) is 18.0. The van der Waals surface area contributed by atoms with Crippen LogP contribution in [0.1, 0.15) is 168 Å². The molecule has 240 valence electrons. The van der Waals surface area contributed by atoms with Crippen LogP contribution in [0.25, 0.3) is 10.6 Å². The molecule has 0 aliphatic carbocycles. The van der Waals surface area contributed by atoms with Gasteiger partial charge in [0, 0.05) is 5.56 Å². The molecule has 6 heteroatoms. The molecule has 0 aliphatic heterocycles. The molecule has 1 aromatic carbocycles. The Morgan fingerprint density at radius 2 is 0.929 bits per heavy atom. The SMILES string of the molecule is CCCCCCCCCCCCCCOc1ccc(-c2nnc(N)s2)cc1OCCCCCCCCCCCCCC. The van der Waals surface area contributed by atoms with E-state index in [4.69, 9.17) is 15.2 Å². The lowest BCUT2D eigenvalue weighted by Gasteiger charge is -2.14. The molecule has 0 bridgehead atoms. The van der Waals surface area contributed by atoms with E-state index in [1.54, 1.807) is 0 Å². The van der Waals surface area contributed by atoms with Crippen LogP contribution in [0.3, 0.4) is 0 Å². The van der Waals surface area contributed by atoms with Gasteiger partial charge in [0.1, 0.15) is 5.01 Å². The fourth-order valence-electron chi connectivity index (χ4n) is 5.47. The Morgan fingerprint density at radius 1 is 0.524 bits per heavy atom. The number of nitrogen functional groups attached to an aromatic ring is 1.